The molecule has 0 saturated carbocycles. The van der Waals surface area contributed by atoms with Gasteiger partial charge in [-0.25, -0.2) is 4.79 Å². The zero-order valence-electron chi connectivity index (χ0n) is 12.3. The first-order chi connectivity index (χ1) is 11.0. The van der Waals surface area contributed by atoms with Gasteiger partial charge in [-0.2, -0.15) is 0 Å². The van der Waals surface area contributed by atoms with E-state index in [2.05, 4.69) is 10.3 Å². The molecular weight excluding hydrogens is 339 g/mol. The van der Waals surface area contributed by atoms with Gasteiger partial charge in [-0.15, -0.1) is 0 Å². The number of nitrogens with one attached hydrogen (secondary N) is 1. The van der Waals surface area contributed by atoms with E-state index in [1.165, 1.54) is 30.6 Å². The van der Waals surface area contributed by atoms with Crippen LogP contribution in [-0.4, -0.2) is 23.0 Å². The minimum Gasteiger partial charge on any atom is -0.449 e. The molecule has 0 spiro atoms. The summed E-state index contributed by atoms with van der Waals surface area (Å²) in [6.07, 6.45) is 2.33. The van der Waals surface area contributed by atoms with Crippen molar-refractivity contribution in [3.8, 4) is 0 Å². The molecule has 0 fully saturated rings. The third kappa shape index (κ3) is 4.68. The molecule has 1 unspecified atom stereocenters. The molecule has 0 bridgehead atoms. The van der Waals surface area contributed by atoms with Crippen molar-refractivity contribution in [1.29, 1.82) is 0 Å². The summed E-state index contributed by atoms with van der Waals surface area (Å²) in [5.74, 6) is -1.06. The van der Waals surface area contributed by atoms with E-state index in [9.17, 15) is 9.59 Å². The molecule has 0 aliphatic carbocycles. The summed E-state index contributed by atoms with van der Waals surface area (Å²) in [5.41, 5.74) is 0.689. The van der Waals surface area contributed by atoms with Crippen LogP contribution in [0.25, 0.3) is 0 Å². The zero-order valence-corrected chi connectivity index (χ0v) is 13.8. The van der Waals surface area contributed by atoms with Crippen LogP contribution in [0.3, 0.4) is 0 Å². The fraction of sp³-hybridized carbons (Fsp3) is 0.188. The lowest BCUT2D eigenvalue weighted by molar-refractivity contribution is -0.124. The number of anilines is 1. The highest BCUT2D eigenvalue weighted by Crippen LogP contribution is 2.25. The van der Waals surface area contributed by atoms with E-state index in [1.54, 1.807) is 19.1 Å². The Bertz CT molecular complexity index is 708. The summed E-state index contributed by atoms with van der Waals surface area (Å²) in [6.45, 7) is 1.74. The van der Waals surface area contributed by atoms with Crippen molar-refractivity contribution < 1.29 is 14.3 Å². The lowest BCUT2D eigenvalue weighted by Gasteiger charge is -2.16. The van der Waals surface area contributed by atoms with Gasteiger partial charge in [0.15, 0.2) is 6.10 Å². The van der Waals surface area contributed by atoms with Gasteiger partial charge >= 0.3 is 5.97 Å². The predicted octanol–water partition coefficient (Wildman–Crippen LogP) is 3.96. The second kappa shape index (κ2) is 7.94. The lowest BCUT2D eigenvalue weighted by Crippen LogP contribution is -2.32. The van der Waals surface area contributed by atoms with Crippen molar-refractivity contribution in [3.05, 3.63) is 58.3 Å². The van der Waals surface area contributed by atoms with E-state index in [0.29, 0.717) is 27.7 Å². The molecule has 1 aromatic carbocycles. The molecule has 23 heavy (non-hydrogen) atoms. The molecule has 2 rings (SSSR count). The van der Waals surface area contributed by atoms with Crippen LogP contribution >= 0.6 is 23.2 Å². The van der Waals surface area contributed by atoms with Crippen molar-refractivity contribution in [2.45, 2.75) is 19.4 Å². The normalized spacial score (nSPS) is 11.6. The van der Waals surface area contributed by atoms with Gasteiger partial charge in [-0.05, 0) is 36.8 Å². The first kappa shape index (κ1) is 17.2. The molecule has 1 aromatic heterocycles. The summed E-state index contributed by atoms with van der Waals surface area (Å²) in [6, 6.07) is 7.74. The summed E-state index contributed by atoms with van der Waals surface area (Å²) in [5, 5.41) is 3.40. The fourth-order valence-electron chi connectivity index (χ4n) is 1.81. The number of amides is 1. The maximum absolute atomic E-state index is 12.3. The van der Waals surface area contributed by atoms with E-state index in [4.69, 9.17) is 27.9 Å². The van der Waals surface area contributed by atoms with Crippen LogP contribution in [0, 0.1) is 0 Å². The number of rotatable bonds is 5. The van der Waals surface area contributed by atoms with Crippen LogP contribution in [-0.2, 0) is 9.53 Å². The zero-order chi connectivity index (χ0) is 16.8. The Morgan fingerprint density at radius 1 is 1.22 bits per heavy atom. The number of hydrogen-bond donors (Lipinski definition) is 1. The Morgan fingerprint density at radius 2 is 1.91 bits per heavy atom. The van der Waals surface area contributed by atoms with E-state index < -0.39 is 18.0 Å². The highest BCUT2D eigenvalue weighted by molar-refractivity contribution is 6.35. The van der Waals surface area contributed by atoms with E-state index >= 15 is 0 Å². The predicted molar refractivity (Wildman–Crippen MR) is 88.8 cm³/mol. The molecule has 0 aliphatic heterocycles. The number of pyridine rings is 1. The fourth-order valence-corrected chi connectivity index (χ4v) is 2.15. The number of ether oxygens (including phenoxy) is 1. The van der Waals surface area contributed by atoms with Gasteiger partial charge in [-0.1, -0.05) is 30.1 Å². The molecule has 1 heterocycles. The van der Waals surface area contributed by atoms with Crippen LogP contribution in [0.15, 0.2) is 42.7 Å². The van der Waals surface area contributed by atoms with Crippen LogP contribution in [0.5, 0.6) is 0 Å². The Kier molecular flexibility index (Phi) is 5.96. The number of aromatic nitrogens is 1. The number of carbonyl (C=O) groups excluding carboxylic acids is 2. The molecule has 0 saturated heterocycles. The number of hydrogen-bond acceptors (Lipinski definition) is 4. The summed E-state index contributed by atoms with van der Waals surface area (Å²) in [7, 11) is 0. The molecule has 2 aromatic rings. The minimum absolute atomic E-state index is 0.320. The highest BCUT2D eigenvalue weighted by Gasteiger charge is 2.22. The van der Waals surface area contributed by atoms with Crippen molar-refractivity contribution >= 4 is 40.8 Å². The molecule has 120 valence electrons. The number of benzene rings is 1. The first-order valence-electron chi connectivity index (χ1n) is 6.88. The second-order valence-corrected chi connectivity index (χ2v) is 5.50. The average Bonchev–Trinajstić information content (AvgIpc) is 2.56. The number of nitrogens with zero attached hydrogens (tertiary/aromatic N) is 1. The third-order valence-electron chi connectivity index (χ3n) is 3.01. The summed E-state index contributed by atoms with van der Waals surface area (Å²) >= 11 is 11.9. The smallest absolute Gasteiger partial charge is 0.339 e. The van der Waals surface area contributed by atoms with Gasteiger partial charge in [0.1, 0.15) is 0 Å². The molecule has 0 aliphatic rings. The summed E-state index contributed by atoms with van der Waals surface area (Å²) < 4.78 is 5.24. The second-order valence-electron chi connectivity index (χ2n) is 4.65. The van der Waals surface area contributed by atoms with E-state index in [1.807, 2.05) is 0 Å². The van der Waals surface area contributed by atoms with Crippen LogP contribution < -0.4 is 5.32 Å². The van der Waals surface area contributed by atoms with Gasteiger partial charge in [-0.3, -0.25) is 9.78 Å². The van der Waals surface area contributed by atoms with Gasteiger partial charge in [0.25, 0.3) is 5.91 Å². The van der Waals surface area contributed by atoms with Crippen molar-refractivity contribution in [1.82, 2.24) is 4.98 Å². The van der Waals surface area contributed by atoms with Crippen molar-refractivity contribution in [2.75, 3.05) is 5.32 Å². The number of esters is 1. The van der Waals surface area contributed by atoms with Gasteiger partial charge in [0.05, 0.1) is 16.3 Å². The SMILES string of the molecule is CCC(OC(=O)c1ccncc1)C(=O)Nc1cc(Cl)ccc1Cl. The molecule has 1 amide bonds. The number of carbonyl (C=O) groups is 2. The topological polar surface area (TPSA) is 68.3 Å². The highest BCUT2D eigenvalue weighted by atomic mass is 35.5. The Morgan fingerprint density at radius 3 is 2.57 bits per heavy atom. The average molecular weight is 353 g/mol. The van der Waals surface area contributed by atoms with Crippen LogP contribution in [0.2, 0.25) is 10.0 Å². The monoisotopic (exact) mass is 352 g/mol. The van der Waals surface area contributed by atoms with E-state index in [-0.39, 0.29) is 0 Å². The maximum atomic E-state index is 12.3. The standard InChI is InChI=1S/C16H14Cl2N2O3/c1-2-14(23-16(22)10-5-7-19-8-6-10)15(21)20-13-9-11(17)3-4-12(13)18/h3-9,14H,2H2,1H3,(H,20,21). The quantitative estimate of drug-likeness (QED) is 0.826. The lowest BCUT2D eigenvalue weighted by atomic mass is 10.2. The van der Waals surface area contributed by atoms with Gasteiger partial charge in [0.2, 0.25) is 0 Å². The Labute approximate surface area is 143 Å². The molecule has 1 N–H and O–H groups in total. The third-order valence-corrected chi connectivity index (χ3v) is 3.58. The largest absolute Gasteiger partial charge is 0.449 e. The minimum atomic E-state index is -0.939. The van der Waals surface area contributed by atoms with Crippen molar-refractivity contribution in [3.63, 3.8) is 0 Å². The van der Waals surface area contributed by atoms with Gasteiger partial charge < -0.3 is 10.1 Å². The molecule has 0 radical (unpaired) electrons. The van der Waals surface area contributed by atoms with Crippen molar-refractivity contribution in [2.24, 2.45) is 0 Å². The molecular formula is C16H14Cl2N2O3. The van der Waals surface area contributed by atoms with Crippen LogP contribution in [0.4, 0.5) is 5.69 Å². The summed E-state index contributed by atoms with van der Waals surface area (Å²) in [4.78, 5) is 28.1. The molecule has 5 nitrogen and oxygen atoms in total. The van der Waals surface area contributed by atoms with Crippen LogP contribution in [0.1, 0.15) is 23.7 Å². The number of halogens is 2. The van der Waals surface area contributed by atoms with Gasteiger partial charge in [0, 0.05) is 17.4 Å². The Balaban J connectivity index is 2.07. The van der Waals surface area contributed by atoms with E-state index in [0.717, 1.165) is 0 Å². The molecule has 1 atom stereocenters. The molecule has 7 heteroatoms. The maximum Gasteiger partial charge on any atom is 0.339 e. The Hall–Kier alpha value is -2.11. The first-order valence-corrected chi connectivity index (χ1v) is 7.63.